The number of methoxy groups -OCH3 is 1. The third-order valence-corrected chi connectivity index (χ3v) is 4.57. The van der Waals surface area contributed by atoms with E-state index in [1.165, 1.54) is 19.2 Å². The molecule has 0 bridgehead atoms. The second-order valence-electron chi connectivity index (χ2n) is 5.70. The van der Waals surface area contributed by atoms with Crippen LogP contribution in [0.4, 0.5) is 4.39 Å². The Hall–Kier alpha value is -1.51. The Morgan fingerprint density at radius 3 is 2.61 bits per heavy atom. The molecular weight excluding hydrogens is 323 g/mol. The van der Waals surface area contributed by atoms with Crippen molar-refractivity contribution >= 4 is 16.0 Å². The van der Waals surface area contributed by atoms with Gasteiger partial charge < -0.3 is 4.74 Å². The molecule has 1 N–H and O–H groups in total. The zero-order chi connectivity index (χ0) is 17.0. The molecule has 0 saturated carbocycles. The second kappa shape index (κ2) is 7.37. The number of hydrogen-bond donors (Lipinski definition) is 1. The molecule has 0 aromatic heterocycles. The van der Waals surface area contributed by atoms with Gasteiger partial charge in [0.05, 0.1) is 13.4 Å². The molecule has 0 radical (unpaired) electrons. The summed E-state index contributed by atoms with van der Waals surface area (Å²) in [5.41, 5.74) is 0.623. The van der Waals surface area contributed by atoms with Crippen LogP contribution in [-0.2, 0) is 19.6 Å². The zero-order valence-corrected chi connectivity index (χ0v) is 14.0. The van der Waals surface area contributed by atoms with E-state index in [0.717, 1.165) is 12.7 Å². The molecule has 2 atom stereocenters. The normalized spacial score (nSPS) is 20.9. The SMILES string of the molecule is COC(=O)[C@H](c1ccc(F)cc1)N1CCC[C@@H](NS(C)(=O)=O)C1. The first-order valence-electron chi connectivity index (χ1n) is 7.35. The van der Waals surface area contributed by atoms with Gasteiger partial charge in [-0.25, -0.2) is 22.3 Å². The monoisotopic (exact) mass is 344 g/mol. The summed E-state index contributed by atoms with van der Waals surface area (Å²) in [7, 11) is -2.01. The number of carbonyl (C=O) groups excluding carboxylic acids is 1. The molecule has 2 rings (SSSR count). The number of ether oxygens (including phenoxy) is 1. The summed E-state index contributed by atoms with van der Waals surface area (Å²) in [6.45, 7) is 1.03. The van der Waals surface area contributed by atoms with Crippen molar-refractivity contribution in [2.75, 3.05) is 26.5 Å². The van der Waals surface area contributed by atoms with Crippen LogP contribution < -0.4 is 4.72 Å². The van der Waals surface area contributed by atoms with E-state index < -0.39 is 22.0 Å². The van der Waals surface area contributed by atoms with Gasteiger partial charge >= 0.3 is 5.97 Å². The first kappa shape index (κ1) is 17.8. The summed E-state index contributed by atoms with van der Waals surface area (Å²) in [5.74, 6) is -0.829. The third-order valence-electron chi connectivity index (χ3n) is 3.81. The summed E-state index contributed by atoms with van der Waals surface area (Å²) < 4.78 is 43.4. The Bertz CT molecular complexity index is 648. The molecule has 6 nitrogen and oxygen atoms in total. The molecule has 1 fully saturated rings. The minimum atomic E-state index is -3.31. The summed E-state index contributed by atoms with van der Waals surface area (Å²) in [6, 6.07) is 4.74. The highest BCUT2D eigenvalue weighted by atomic mass is 32.2. The van der Waals surface area contributed by atoms with Crippen LogP contribution in [0.25, 0.3) is 0 Å². The summed E-state index contributed by atoms with van der Waals surface area (Å²) >= 11 is 0. The fourth-order valence-corrected chi connectivity index (χ4v) is 3.69. The molecule has 1 aliphatic heterocycles. The van der Waals surface area contributed by atoms with Gasteiger partial charge in [0.15, 0.2) is 0 Å². The lowest BCUT2D eigenvalue weighted by molar-refractivity contribution is -0.147. The molecule has 1 aromatic carbocycles. The van der Waals surface area contributed by atoms with Gasteiger partial charge in [0.1, 0.15) is 11.9 Å². The molecule has 1 saturated heterocycles. The van der Waals surface area contributed by atoms with E-state index >= 15 is 0 Å². The van der Waals surface area contributed by atoms with Crippen molar-refractivity contribution in [3.63, 3.8) is 0 Å². The Morgan fingerprint density at radius 1 is 1.39 bits per heavy atom. The Morgan fingerprint density at radius 2 is 2.04 bits per heavy atom. The Labute approximate surface area is 135 Å². The van der Waals surface area contributed by atoms with Gasteiger partial charge in [-0.15, -0.1) is 0 Å². The Balaban J connectivity index is 2.21. The molecule has 0 spiro atoms. The maximum absolute atomic E-state index is 13.1. The average Bonchev–Trinajstić information content (AvgIpc) is 2.48. The summed E-state index contributed by atoms with van der Waals surface area (Å²) in [6.07, 6.45) is 2.58. The number of piperidine rings is 1. The highest BCUT2D eigenvalue weighted by Gasteiger charge is 2.33. The van der Waals surface area contributed by atoms with E-state index in [1.807, 2.05) is 4.90 Å². The van der Waals surface area contributed by atoms with Crippen LogP contribution in [0, 0.1) is 5.82 Å². The van der Waals surface area contributed by atoms with E-state index in [2.05, 4.69) is 4.72 Å². The van der Waals surface area contributed by atoms with Crippen molar-refractivity contribution in [3.8, 4) is 0 Å². The topological polar surface area (TPSA) is 75.7 Å². The number of esters is 1. The van der Waals surface area contributed by atoms with Crippen LogP contribution in [0.2, 0.25) is 0 Å². The van der Waals surface area contributed by atoms with Gasteiger partial charge in [-0.05, 0) is 37.1 Å². The highest BCUT2D eigenvalue weighted by molar-refractivity contribution is 7.88. The van der Waals surface area contributed by atoms with Crippen LogP contribution in [0.5, 0.6) is 0 Å². The highest BCUT2D eigenvalue weighted by Crippen LogP contribution is 2.26. The maximum Gasteiger partial charge on any atom is 0.327 e. The molecule has 23 heavy (non-hydrogen) atoms. The number of nitrogens with one attached hydrogen (secondary N) is 1. The number of halogens is 1. The number of benzene rings is 1. The summed E-state index contributed by atoms with van der Waals surface area (Å²) in [4.78, 5) is 14.1. The molecule has 0 aliphatic carbocycles. The van der Waals surface area contributed by atoms with E-state index in [0.29, 0.717) is 25.1 Å². The lowest BCUT2D eigenvalue weighted by Gasteiger charge is -2.37. The van der Waals surface area contributed by atoms with Crippen LogP contribution in [-0.4, -0.2) is 51.8 Å². The van der Waals surface area contributed by atoms with Gasteiger partial charge in [-0.2, -0.15) is 0 Å². The molecule has 1 aliphatic rings. The molecule has 128 valence electrons. The fraction of sp³-hybridized carbons (Fsp3) is 0.533. The van der Waals surface area contributed by atoms with E-state index in [9.17, 15) is 17.6 Å². The lowest BCUT2D eigenvalue weighted by atomic mass is 10.00. The smallest absolute Gasteiger partial charge is 0.327 e. The number of rotatable bonds is 5. The standard InChI is InChI=1S/C15H21FN2O4S/c1-22-15(19)14(11-5-7-12(16)8-6-11)18-9-3-4-13(10-18)17-23(2,20)21/h5-8,13-14,17H,3-4,9-10H2,1-2H3/t13-,14+/m1/s1. The fourth-order valence-electron chi connectivity index (χ4n) is 2.89. The first-order chi connectivity index (χ1) is 10.8. The molecule has 1 aromatic rings. The number of hydrogen-bond acceptors (Lipinski definition) is 5. The lowest BCUT2D eigenvalue weighted by Crippen LogP contribution is -2.49. The van der Waals surface area contributed by atoms with Crippen LogP contribution in [0.3, 0.4) is 0 Å². The minimum absolute atomic E-state index is 0.258. The van der Waals surface area contributed by atoms with E-state index in [1.54, 1.807) is 12.1 Å². The van der Waals surface area contributed by atoms with Crippen LogP contribution in [0.15, 0.2) is 24.3 Å². The number of likely N-dealkylation sites (tertiary alicyclic amines) is 1. The zero-order valence-electron chi connectivity index (χ0n) is 13.2. The number of sulfonamides is 1. The minimum Gasteiger partial charge on any atom is -0.468 e. The molecule has 0 amide bonds. The predicted molar refractivity (Wildman–Crippen MR) is 83.7 cm³/mol. The number of carbonyl (C=O) groups is 1. The molecule has 8 heteroatoms. The maximum atomic E-state index is 13.1. The molecule has 1 heterocycles. The van der Waals surface area contributed by atoms with Gasteiger partial charge in [-0.3, -0.25) is 4.90 Å². The van der Waals surface area contributed by atoms with Crippen molar-refractivity contribution in [1.29, 1.82) is 0 Å². The molecule has 0 unspecified atom stereocenters. The first-order valence-corrected chi connectivity index (χ1v) is 9.24. The van der Waals surface area contributed by atoms with Crippen molar-refractivity contribution < 1.29 is 22.3 Å². The van der Waals surface area contributed by atoms with Crippen molar-refractivity contribution in [2.24, 2.45) is 0 Å². The van der Waals surface area contributed by atoms with Gasteiger partial charge in [0.2, 0.25) is 10.0 Å². The average molecular weight is 344 g/mol. The van der Waals surface area contributed by atoms with Gasteiger partial charge in [0, 0.05) is 12.6 Å². The Kier molecular flexibility index (Phi) is 5.72. The van der Waals surface area contributed by atoms with Crippen LogP contribution in [0.1, 0.15) is 24.4 Å². The van der Waals surface area contributed by atoms with Crippen molar-refractivity contribution in [2.45, 2.75) is 24.9 Å². The molecular formula is C15H21FN2O4S. The van der Waals surface area contributed by atoms with E-state index in [4.69, 9.17) is 4.74 Å². The van der Waals surface area contributed by atoms with Crippen molar-refractivity contribution in [1.82, 2.24) is 9.62 Å². The van der Waals surface area contributed by atoms with Gasteiger partial charge in [0.25, 0.3) is 0 Å². The summed E-state index contributed by atoms with van der Waals surface area (Å²) in [5, 5.41) is 0. The largest absolute Gasteiger partial charge is 0.468 e. The third kappa shape index (κ3) is 4.98. The van der Waals surface area contributed by atoms with Gasteiger partial charge in [-0.1, -0.05) is 12.1 Å². The van der Waals surface area contributed by atoms with Crippen molar-refractivity contribution in [3.05, 3.63) is 35.6 Å². The van der Waals surface area contributed by atoms with Crippen LogP contribution >= 0.6 is 0 Å². The van der Waals surface area contributed by atoms with E-state index in [-0.39, 0.29) is 11.9 Å². The second-order valence-corrected chi connectivity index (χ2v) is 7.48. The quantitative estimate of drug-likeness (QED) is 0.808. The predicted octanol–water partition coefficient (Wildman–Crippen LogP) is 1.05. The number of nitrogens with zero attached hydrogens (tertiary/aromatic N) is 1.